The molecule has 0 radical (unpaired) electrons. The average Bonchev–Trinajstić information content (AvgIpc) is 3.26. The lowest BCUT2D eigenvalue weighted by molar-refractivity contribution is -0.121. The number of para-hydroxylation sites is 1. The van der Waals surface area contributed by atoms with Gasteiger partial charge in [-0.05, 0) is 30.0 Å². The van der Waals surface area contributed by atoms with E-state index in [0.29, 0.717) is 21.7 Å². The third-order valence-electron chi connectivity index (χ3n) is 3.71. The Hall–Kier alpha value is -2.77. The van der Waals surface area contributed by atoms with Crippen LogP contribution in [0.15, 0.2) is 70.5 Å². The summed E-state index contributed by atoms with van der Waals surface area (Å²) in [5.41, 5.74) is 1.64. The number of fused-ring (bicyclic) bond motifs is 1. The van der Waals surface area contributed by atoms with E-state index >= 15 is 0 Å². The minimum Gasteiger partial charge on any atom is -0.282 e. The van der Waals surface area contributed by atoms with Crippen molar-refractivity contribution in [1.82, 2.24) is 14.9 Å². The van der Waals surface area contributed by atoms with Crippen molar-refractivity contribution in [2.75, 3.05) is 6.54 Å². The molecule has 0 unspecified atom stereocenters. The highest BCUT2D eigenvalue weighted by Gasteiger charge is 2.32. The Morgan fingerprint density at radius 3 is 2.92 bits per heavy atom. The lowest BCUT2D eigenvalue weighted by Gasteiger charge is -2.11. The van der Waals surface area contributed by atoms with Crippen LogP contribution in [0.5, 0.6) is 0 Å². The first-order valence-corrected chi connectivity index (χ1v) is 9.60. The van der Waals surface area contributed by atoms with E-state index in [-0.39, 0.29) is 5.91 Å². The summed E-state index contributed by atoms with van der Waals surface area (Å²) in [6.45, 7) is 4.13. The fraction of sp³-hybridized carbons (Fsp3) is 0.0526. The second-order valence-electron chi connectivity index (χ2n) is 5.45. The van der Waals surface area contributed by atoms with Crippen LogP contribution in [0.25, 0.3) is 17.0 Å². The highest BCUT2D eigenvalue weighted by Crippen LogP contribution is 2.34. The number of rotatable bonds is 4. The van der Waals surface area contributed by atoms with Gasteiger partial charge in [0.2, 0.25) is 5.13 Å². The largest absolute Gasteiger partial charge is 0.282 e. The second-order valence-corrected chi connectivity index (χ2v) is 7.34. The quantitative estimate of drug-likeness (QED) is 0.496. The zero-order valence-electron chi connectivity index (χ0n) is 13.7. The molecule has 1 aromatic carbocycles. The highest BCUT2D eigenvalue weighted by atomic mass is 32.2. The number of hydrogen-bond acceptors (Lipinski definition) is 6. The smallest absolute Gasteiger partial charge is 0.267 e. The average molecular weight is 378 g/mol. The van der Waals surface area contributed by atoms with Crippen LogP contribution < -0.4 is 0 Å². The van der Waals surface area contributed by atoms with Gasteiger partial charge in [0, 0.05) is 23.5 Å². The van der Waals surface area contributed by atoms with Crippen molar-refractivity contribution in [3.8, 4) is 0 Å². The SMILES string of the molecule is C=CCN1C(=O)/C(=C/c2ccc3ccccc3n2)SC1=Nc1nccs1. The summed E-state index contributed by atoms with van der Waals surface area (Å²) in [5.74, 6) is -0.0971. The Kier molecular flexibility index (Phi) is 4.64. The molecular formula is C19H14N4OS2. The maximum Gasteiger partial charge on any atom is 0.267 e. The van der Waals surface area contributed by atoms with Crippen LogP contribution in [0.4, 0.5) is 5.13 Å². The molecule has 4 rings (SSSR count). The molecule has 3 aromatic rings. The van der Waals surface area contributed by atoms with E-state index in [4.69, 9.17) is 0 Å². The number of aromatic nitrogens is 2. The van der Waals surface area contributed by atoms with E-state index in [1.54, 1.807) is 23.2 Å². The van der Waals surface area contributed by atoms with Crippen LogP contribution in [-0.2, 0) is 4.79 Å². The molecule has 0 spiro atoms. The molecule has 1 saturated heterocycles. The van der Waals surface area contributed by atoms with Gasteiger partial charge in [0.1, 0.15) is 0 Å². The Labute approximate surface area is 158 Å². The number of nitrogens with zero attached hydrogens (tertiary/aromatic N) is 4. The standard InChI is InChI=1S/C19H14N4OS2/c1-2-10-23-17(24)16(26-19(23)22-18-20-9-11-25-18)12-14-8-7-13-5-3-4-6-15(13)21-14/h2-9,11-12H,1,10H2/b16-12-,22-19?. The Morgan fingerprint density at radius 1 is 1.23 bits per heavy atom. The van der Waals surface area contributed by atoms with Crippen molar-refractivity contribution in [3.05, 3.63) is 71.2 Å². The molecule has 0 atom stereocenters. The van der Waals surface area contributed by atoms with E-state index < -0.39 is 0 Å². The zero-order chi connectivity index (χ0) is 17.9. The number of thioether (sulfide) groups is 1. The number of carbonyl (C=O) groups is 1. The summed E-state index contributed by atoms with van der Waals surface area (Å²) in [6, 6.07) is 11.8. The number of aliphatic imine (C=N–C) groups is 1. The predicted octanol–water partition coefficient (Wildman–Crippen LogP) is 4.48. The number of thiazole rings is 1. The molecule has 1 aliphatic heterocycles. The highest BCUT2D eigenvalue weighted by molar-refractivity contribution is 8.18. The lowest BCUT2D eigenvalue weighted by Crippen LogP contribution is -2.29. The first-order valence-electron chi connectivity index (χ1n) is 7.91. The number of hydrogen-bond donors (Lipinski definition) is 0. The van der Waals surface area contributed by atoms with Crippen molar-refractivity contribution in [2.24, 2.45) is 4.99 Å². The van der Waals surface area contributed by atoms with E-state index in [1.165, 1.54) is 23.1 Å². The lowest BCUT2D eigenvalue weighted by atomic mass is 10.2. The van der Waals surface area contributed by atoms with Gasteiger partial charge in [-0.2, -0.15) is 4.99 Å². The van der Waals surface area contributed by atoms with E-state index in [1.807, 2.05) is 41.8 Å². The molecule has 0 N–H and O–H groups in total. The first kappa shape index (κ1) is 16.7. The van der Waals surface area contributed by atoms with Gasteiger partial charge in [-0.15, -0.1) is 17.9 Å². The molecule has 1 fully saturated rings. The third kappa shape index (κ3) is 3.31. The van der Waals surface area contributed by atoms with Gasteiger partial charge in [0.15, 0.2) is 5.17 Å². The Balaban J connectivity index is 1.70. The molecule has 7 heteroatoms. The van der Waals surface area contributed by atoms with Crippen LogP contribution in [0.1, 0.15) is 5.69 Å². The molecule has 128 valence electrons. The van der Waals surface area contributed by atoms with Crippen LogP contribution in [0.3, 0.4) is 0 Å². The first-order chi connectivity index (χ1) is 12.7. The van der Waals surface area contributed by atoms with E-state index in [0.717, 1.165) is 16.6 Å². The summed E-state index contributed by atoms with van der Waals surface area (Å²) in [7, 11) is 0. The minimum atomic E-state index is -0.0971. The predicted molar refractivity (Wildman–Crippen MR) is 108 cm³/mol. The number of pyridine rings is 1. The molecule has 0 aliphatic carbocycles. The fourth-order valence-corrected chi connectivity index (χ4v) is 4.07. The van der Waals surface area contributed by atoms with Crippen molar-refractivity contribution in [2.45, 2.75) is 0 Å². The Morgan fingerprint density at radius 2 is 2.12 bits per heavy atom. The molecule has 5 nitrogen and oxygen atoms in total. The van der Waals surface area contributed by atoms with Crippen molar-refractivity contribution in [3.63, 3.8) is 0 Å². The number of carbonyl (C=O) groups excluding carboxylic acids is 1. The topological polar surface area (TPSA) is 58.5 Å². The van der Waals surface area contributed by atoms with Gasteiger partial charge in [0.05, 0.1) is 16.1 Å². The monoisotopic (exact) mass is 378 g/mol. The molecule has 0 bridgehead atoms. The number of amidine groups is 1. The molecule has 0 saturated carbocycles. The Bertz CT molecular complexity index is 1040. The normalized spacial score (nSPS) is 17.5. The van der Waals surface area contributed by atoms with Crippen molar-refractivity contribution >= 4 is 56.3 Å². The van der Waals surface area contributed by atoms with Crippen LogP contribution in [0.2, 0.25) is 0 Å². The molecule has 2 aromatic heterocycles. The van der Waals surface area contributed by atoms with Gasteiger partial charge in [0.25, 0.3) is 5.91 Å². The maximum absolute atomic E-state index is 12.8. The fourth-order valence-electron chi connectivity index (χ4n) is 2.53. The molecule has 26 heavy (non-hydrogen) atoms. The number of amides is 1. The van der Waals surface area contributed by atoms with Crippen LogP contribution in [-0.4, -0.2) is 32.5 Å². The van der Waals surface area contributed by atoms with Gasteiger partial charge in [-0.3, -0.25) is 9.69 Å². The zero-order valence-corrected chi connectivity index (χ0v) is 15.3. The molecule has 1 amide bonds. The van der Waals surface area contributed by atoms with E-state index in [2.05, 4.69) is 21.5 Å². The van der Waals surface area contributed by atoms with Crippen LogP contribution >= 0.6 is 23.1 Å². The second kappa shape index (κ2) is 7.23. The molecule has 1 aliphatic rings. The van der Waals surface area contributed by atoms with Gasteiger partial charge in [-0.1, -0.05) is 30.3 Å². The molecule has 3 heterocycles. The van der Waals surface area contributed by atoms with Gasteiger partial charge in [-0.25, -0.2) is 9.97 Å². The third-order valence-corrected chi connectivity index (χ3v) is 5.38. The molecular weight excluding hydrogens is 364 g/mol. The van der Waals surface area contributed by atoms with Gasteiger partial charge >= 0.3 is 0 Å². The van der Waals surface area contributed by atoms with E-state index in [9.17, 15) is 4.79 Å². The summed E-state index contributed by atoms with van der Waals surface area (Å²) < 4.78 is 0. The minimum absolute atomic E-state index is 0.0971. The maximum atomic E-state index is 12.8. The van der Waals surface area contributed by atoms with Crippen molar-refractivity contribution < 1.29 is 4.79 Å². The van der Waals surface area contributed by atoms with Crippen molar-refractivity contribution in [1.29, 1.82) is 0 Å². The summed E-state index contributed by atoms with van der Waals surface area (Å²) in [5, 5.41) is 4.16. The number of benzene rings is 1. The van der Waals surface area contributed by atoms with Gasteiger partial charge < -0.3 is 0 Å². The summed E-state index contributed by atoms with van der Waals surface area (Å²) >= 11 is 2.76. The van der Waals surface area contributed by atoms with Crippen LogP contribution in [0, 0.1) is 0 Å². The summed E-state index contributed by atoms with van der Waals surface area (Å²) in [4.78, 5) is 28.2. The summed E-state index contributed by atoms with van der Waals surface area (Å²) in [6.07, 6.45) is 5.19.